The molecule has 3 aliphatic rings. The molecule has 8 nitrogen and oxygen atoms in total. The van der Waals surface area contributed by atoms with Gasteiger partial charge in [-0.25, -0.2) is 4.79 Å². The van der Waals surface area contributed by atoms with Crippen molar-refractivity contribution >= 4 is 23.6 Å². The van der Waals surface area contributed by atoms with Gasteiger partial charge >= 0.3 is 6.09 Å². The summed E-state index contributed by atoms with van der Waals surface area (Å²) >= 11 is 0. The van der Waals surface area contributed by atoms with Gasteiger partial charge in [-0.1, -0.05) is 6.07 Å². The Morgan fingerprint density at radius 3 is 2.53 bits per heavy atom. The van der Waals surface area contributed by atoms with Gasteiger partial charge in [0.05, 0.1) is 0 Å². The molecule has 0 aromatic heterocycles. The third-order valence-electron chi connectivity index (χ3n) is 6.36. The summed E-state index contributed by atoms with van der Waals surface area (Å²) in [4.78, 5) is 39.9. The van der Waals surface area contributed by atoms with E-state index in [0.29, 0.717) is 18.8 Å². The maximum absolute atomic E-state index is 12.3. The lowest BCUT2D eigenvalue weighted by Gasteiger charge is -2.34. The Morgan fingerprint density at radius 1 is 1.12 bits per heavy atom. The lowest BCUT2D eigenvalue weighted by atomic mass is 9.96. The Balaban J connectivity index is 1.26. The molecule has 0 saturated carbocycles. The van der Waals surface area contributed by atoms with E-state index in [1.807, 2.05) is 31.7 Å². The molecule has 0 spiro atoms. The zero-order valence-corrected chi connectivity index (χ0v) is 19.3. The van der Waals surface area contributed by atoms with Crippen molar-refractivity contribution in [2.45, 2.75) is 71.2 Å². The third kappa shape index (κ3) is 5.59. The van der Waals surface area contributed by atoms with Crippen LogP contribution in [0.1, 0.15) is 57.6 Å². The highest BCUT2D eigenvalue weighted by Crippen LogP contribution is 2.29. The number of nitrogens with zero attached hydrogens (tertiary/aromatic N) is 2. The van der Waals surface area contributed by atoms with Crippen LogP contribution in [0.25, 0.3) is 0 Å². The number of hydrogen-bond donors (Lipinski definition) is 2. The highest BCUT2D eigenvalue weighted by Gasteiger charge is 2.30. The van der Waals surface area contributed by atoms with Crippen LogP contribution in [0.4, 0.5) is 10.5 Å². The second-order valence-electron chi connectivity index (χ2n) is 10.2. The molecule has 2 N–H and O–H groups in total. The molecular weight excluding hydrogens is 408 g/mol. The van der Waals surface area contributed by atoms with Crippen molar-refractivity contribution in [1.29, 1.82) is 0 Å². The summed E-state index contributed by atoms with van der Waals surface area (Å²) in [5, 5.41) is 5.67. The van der Waals surface area contributed by atoms with Gasteiger partial charge in [-0.2, -0.15) is 0 Å². The third-order valence-corrected chi connectivity index (χ3v) is 6.36. The number of piperidine rings is 2. The predicted octanol–water partition coefficient (Wildman–Crippen LogP) is 2.87. The average Bonchev–Trinajstić information content (AvgIpc) is 3.11. The summed E-state index contributed by atoms with van der Waals surface area (Å²) in [7, 11) is 0. The first-order valence-electron chi connectivity index (χ1n) is 11.6. The Kier molecular flexibility index (Phi) is 6.42. The molecule has 3 heterocycles. The first-order chi connectivity index (χ1) is 15.2. The highest BCUT2D eigenvalue weighted by atomic mass is 16.6. The van der Waals surface area contributed by atoms with Gasteiger partial charge in [-0.3, -0.25) is 19.8 Å². The van der Waals surface area contributed by atoms with Gasteiger partial charge < -0.3 is 15.0 Å². The molecule has 8 heteroatoms. The molecule has 32 heavy (non-hydrogen) atoms. The maximum atomic E-state index is 12.3. The molecule has 1 atom stereocenters. The van der Waals surface area contributed by atoms with Crippen LogP contribution in [0.3, 0.4) is 0 Å². The van der Waals surface area contributed by atoms with Gasteiger partial charge in [0.2, 0.25) is 11.8 Å². The first kappa shape index (κ1) is 22.6. The fraction of sp³-hybridized carbons (Fsp3) is 0.625. The minimum Gasteiger partial charge on any atom is -0.444 e. The van der Waals surface area contributed by atoms with E-state index in [2.05, 4.69) is 27.7 Å². The second kappa shape index (κ2) is 9.10. The molecule has 4 rings (SSSR count). The van der Waals surface area contributed by atoms with Crippen LogP contribution >= 0.6 is 0 Å². The van der Waals surface area contributed by atoms with Crippen molar-refractivity contribution in [1.82, 2.24) is 15.1 Å². The Morgan fingerprint density at radius 2 is 1.84 bits per heavy atom. The van der Waals surface area contributed by atoms with Crippen LogP contribution in [0.15, 0.2) is 18.2 Å². The molecular formula is C24H34N4O4. The van der Waals surface area contributed by atoms with Gasteiger partial charge in [0.15, 0.2) is 0 Å². The quantitative estimate of drug-likeness (QED) is 0.697. The number of anilines is 1. The summed E-state index contributed by atoms with van der Waals surface area (Å²) < 4.78 is 5.49. The van der Waals surface area contributed by atoms with Crippen molar-refractivity contribution in [2.75, 3.05) is 25.0 Å². The molecule has 0 aliphatic carbocycles. The zero-order valence-electron chi connectivity index (χ0n) is 19.3. The predicted molar refractivity (Wildman–Crippen MR) is 121 cm³/mol. The molecule has 1 aromatic rings. The van der Waals surface area contributed by atoms with Crippen molar-refractivity contribution in [3.63, 3.8) is 0 Å². The second-order valence-corrected chi connectivity index (χ2v) is 10.2. The summed E-state index contributed by atoms with van der Waals surface area (Å²) in [5.74, 6) is 0.125. The molecule has 0 bridgehead atoms. The monoisotopic (exact) mass is 442 g/mol. The number of benzene rings is 1. The standard InChI is InChI=1S/C24H34N4O4/c1-24(2,3)32-23(31)28-10-8-16(9-11-28)13-27-14-17-4-5-19(12-18(17)15-27)25-20-6-7-21(29)26-22(20)30/h4-5,12,16,20,25H,6-11,13-15H2,1-3H3,(H,26,29,30). The summed E-state index contributed by atoms with van der Waals surface area (Å²) in [6.45, 7) is 10.0. The summed E-state index contributed by atoms with van der Waals surface area (Å²) in [6, 6.07) is 5.92. The van der Waals surface area contributed by atoms with Crippen LogP contribution in [0, 0.1) is 5.92 Å². The Labute approximate surface area is 189 Å². The van der Waals surface area contributed by atoms with Gasteiger partial charge in [-0.05, 0) is 69.2 Å². The van der Waals surface area contributed by atoms with Crippen LogP contribution in [-0.2, 0) is 27.4 Å². The van der Waals surface area contributed by atoms with Gasteiger partial charge in [0.25, 0.3) is 0 Å². The van der Waals surface area contributed by atoms with Crippen molar-refractivity contribution < 1.29 is 19.1 Å². The van der Waals surface area contributed by atoms with E-state index >= 15 is 0 Å². The van der Waals surface area contributed by atoms with Crippen molar-refractivity contribution in [3.8, 4) is 0 Å². The first-order valence-corrected chi connectivity index (χ1v) is 11.6. The number of amides is 3. The SMILES string of the molecule is CC(C)(C)OC(=O)N1CCC(CN2Cc3ccc(NC4CCC(=O)NC4=O)cc3C2)CC1. The number of rotatable bonds is 4. The molecule has 3 aliphatic heterocycles. The highest BCUT2D eigenvalue weighted by molar-refractivity contribution is 6.01. The molecule has 2 saturated heterocycles. The molecule has 1 aromatic carbocycles. The van der Waals surface area contributed by atoms with E-state index in [1.54, 1.807) is 0 Å². The molecule has 0 radical (unpaired) electrons. The molecule has 174 valence electrons. The van der Waals surface area contributed by atoms with Crippen molar-refractivity contribution in [2.24, 2.45) is 5.92 Å². The number of likely N-dealkylation sites (tertiary alicyclic amines) is 1. The van der Waals surface area contributed by atoms with Gasteiger partial charge in [-0.15, -0.1) is 0 Å². The number of nitrogens with one attached hydrogen (secondary N) is 2. The number of imide groups is 1. The lowest BCUT2D eigenvalue weighted by molar-refractivity contribution is -0.133. The smallest absolute Gasteiger partial charge is 0.410 e. The topological polar surface area (TPSA) is 91.0 Å². The summed E-state index contributed by atoms with van der Waals surface area (Å²) in [6.07, 6.45) is 2.67. The van der Waals surface area contributed by atoms with Gasteiger partial charge in [0.1, 0.15) is 11.6 Å². The Hall–Kier alpha value is -2.61. The average molecular weight is 443 g/mol. The van der Waals surface area contributed by atoms with E-state index in [4.69, 9.17) is 4.74 Å². The number of carbonyl (C=O) groups excluding carboxylic acids is 3. The molecule has 1 unspecified atom stereocenters. The van der Waals surface area contributed by atoms with Crippen LogP contribution in [0.2, 0.25) is 0 Å². The van der Waals surface area contributed by atoms with Crippen LogP contribution < -0.4 is 10.6 Å². The van der Waals surface area contributed by atoms with E-state index in [1.165, 1.54) is 11.1 Å². The van der Waals surface area contributed by atoms with Crippen molar-refractivity contribution in [3.05, 3.63) is 29.3 Å². The fourth-order valence-electron chi connectivity index (χ4n) is 4.71. The number of carbonyl (C=O) groups is 3. The molecule has 2 fully saturated rings. The normalized spacial score (nSPS) is 22.5. The largest absolute Gasteiger partial charge is 0.444 e. The number of ether oxygens (including phenoxy) is 1. The molecule has 3 amide bonds. The zero-order chi connectivity index (χ0) is 22.9. The number of fused-ring (bicyclic) bond motifs is 1. The maximum Gasteiger partial charge on any atom is 0.410 e. The van der Waals surface area contributed by atoms with Gasteiger partial charge in [0, 0.05) is 44.8 Å². The van der Waals surface area contributed by atoms with Crippen LogP contribution in [0.5, 0.6) is 0 Å². The van der Waals surface area contributed by atoms with E-state index in [0.717, 1.165) is 51.3 Å². The van der Waals surface area contributed by atoms with E-state index in [-0.39, 0.29) is 23.9 Å². The minimum atomic E-state index is -0.457. The number of hydrogen-bond acceptors (Lipinski definition) is 6. The lowest BCUT2D eigenvalue weighted by Crippen LogP contribution is -2.47. The Bertz CT molecular complexity index is 886. The van der Waals surface area contributed by atoms with Crippen LogP contribution in [-0.4, -0.2) is 59.0 Å². The van der Waals surface area contributed by atoms with E-state index in [9.17, 15) is 14.4 Å². The minimum absolute atomic E-state index is 0.199. The summed E-state index contributed by atoms with van der Waals surface area (Å²) in [5.41, 5.74) is 3.07. The van der Waals surface area contributed by atoms with E-state index < -0.39 is 5.60 Å². The fourth-order valence-corrected chi connectivity index (χ4v) is 4.71.